The van der Waals surface area contributed by atoms with Gasteiger partial charge in [-0.25, -0.2) is 13.1 Å². The van der Waals surface area contributed by atoms with E-state index in [2.05, 4.69) is 34.0 Å². The Labute approximate surface area is 201 Å². The van der Waals surface area contributed by atoms with Crippen LogP contribution < -0.4 is 10.0 Å². The van der Waals surface area contributed by atoms with Gasteiger partial charge in [0.2, 0.25) is 10.0 Å². The number of aryl methyl sites for hydroxylation is 3. The van der Waals surface area contributed by atoms with Crippen molar-refractivity contribution in [3.8, 4) is 0 Å². The van der Waals surface area contributed by atoms with Gasteiger partial charge in [-0.2, -0.15) is 5.10 Å². The SMILES string of the molecule is CN=C(NCCNS(=O)(=O)c1cc(C)sc1C)N(C)Cc1cn(C)nc1C(C)C.I. The molecular formula is C19H33IN6O2S2. The molecule has 170 valence electrons. The van der Waals surface area contributed by atoms with Gasteiger partial charge in [0.25, 0.3) is 0 Å². The third-order valence-electron chi connectivity index (χ3n) is 4.45. The molecule has 2 aromatic heterocycles. The van der Waals surface area contributed by atoms with Crippen LogP contribution >= 0.6 is 35.3 Å². The molecule has 0 fully saturated rings. The molecule has 0 radical (unpaired) electrons. The molecule has 11 heteroatoms. The van der Waals surface area contributed by atoms with Crippen molar-refractivity contribution in [1.82, 2.24) is 24.7 Å². The maximum absolute atomic E-state index is 12.5. The van der Waals surface area contributed by atoms with Crippen molar-refractivity contribution in [2.24, 2.45) is 12.0 Å². The molecule has 2 heterocycles. The first-order valence-corrected chi connectivity index (χ1v) is 11.9. The van der Waals surface area contributed by atoms with Crippen LogP contribution in [-0.2, 0) is 23.6 Å². The molecule has 2 N–H and O–H groups in total. The fourth-order valence-corrected chi connectivity index (χ4v) is 5.77. The number of guanidine groups is 1. The van der Waals surface area contributed by atoms with Gasteiger partial charge < -0.3 is 10.2 Å². The number of halogens is 1. The van der Waals surface area contributed by atoms with Crippen molar-refractivity contribution in [2.75, 3.05) is 27.2 Å². The van der Waals surface area contributed by atoms with E-state index in [-0.39, 0.29) is 30.5 Å². The van der Waals surface area contributed by atoms with Crippen molar-refractivity contribution >= 4 is 51.3 Å². The number of rotatable bonds is 8. The summed E-state index contributed by atoms with van der Waals surface area (Å²) >= 11 is 1.49. The molecule has 0 aliphatic carbocycles. The van der Waals surface area contributed by atoms with E-state index in [0.29, 0.717) is 29.9 Å². The molecule has 0 saturated carbocycles. The van der Waals surface area contributed by atoms with Gasteiger partial charge in [0.05, 0.1) is 10.6 Å². The highest BCUT2D eigenvalue weighted by Gasteiger charge is 2.19. The first-order chi connectivity index (χ1) is 13.5. The molecule has 2 rings (SSSR count). The zero-order valence-corrected chi connectivity index (χ0v) is 22.6. The number of thiophene rings is 1. The van der Waals surface area contributed by atoms with E-state index < -0.39 is 10.0 Å². The number of hydrogen-bond acceptors (Lipinski definition) is 5. The van der Waals surface area contributed by atoms with Crippen molar-refractivity contribution in [3.05, 3.63) is 33.3 Å². The second-order valence-corrected chi connectivity index (χ2v) is 10.6. The predicted octanol–water partition coefficient (Wildman–Crippen LogP) is 2.83. The fourth-order valence-electron chi connectivity index (χ4n) is 3.19. The van der Waals surface area contributed by atoms with E-state index in [1.165, 1.54) is 11.3 Å². The van der Waals surface area contributed by atoms with Crippen LogP contribution in [0, 0.1) is 13.8 Å². The van der Waals surface area contributed by atoms with Crippen LogP contribution in [0.1, 0.15) is 40.8 Å². The Kier molecular flexibility index (Phi) is 10.2. The van der Waals surface area contributed by atoms with E-state index in [1.807, 2.05) is 43.7 Å². The third-order valence-corrected chi connectivity index (χ3v) is 7.13. The molecule has 0 aromatic carbocycles. The van der Waals surface area contributed by atoms with Gasteiger partial charge in [-0.3, -0.25) is 9.67 Å². The Morgan fingerprint density at radius 2 is 2.00 bits per heavy atom. The minimum Gasteiger partial charge on any atom is -0.355 e. The standard InChI is InChI=1S/C19H32N6O2S2.HI/c1-13(2)18-16(12-25(7)23-18)11-24(6)19(20-5)21-8-9-22-29(26,27)17-10-14(3)28-15(17)4;/h10,12-13,22H,8-9,11H2,1-7H3,(H,20,21);1H. The molecule has 0 bridgehead atoms. The summed E-state index contributed by atoms with van der Waals surface area (Å²) in [4.78, 5) is 8.46. The molecule has 0 saturated heterocycles. The lowest BCUT2D eigenvalue weighted by molar-refractivity contribution is 0.473. The van der Waals surface area contributed by atoms with Gasteiger partial charge in [-0.05, 0) is 25.8 Å². The average Bonchev–Trinajstić information content (AvgIpc) is 3.16. The maximum atomic E-state index is 12.5. The Morgan fingerprint density at radius 1 is 1.33 bits per heavy atom. The topological polar surface area (TPSA) is 91.6 Å². The summed E-state index contributed by atoms with van der Waals surface area (Å²) in [6.07, 6.45) is 2.03. The van der Waals surface area contributed by atoms with Gasteiger partial charge in [-0.1, -0.05) is 13.8 Å². The second-order valence-electron chi connectivity index (χ2n) is 7.37. The van der Waals surface area contributed by atoms with Crippen molar-refractivity contribution in [1.29, 1.82) is 0 Å². The Bertz CT molecular complexity index is 966. The van der Waals surface area contributed by atoms with Crippen LogP contribution in [0.5, 0.6) is 0 Å². The van der Waals surface area contributed by atoms with E-state index in [4.69, 9.17) is 0 Å². The van der Waals surface area contributed by atoms with Crippen LogP contribution in [0.15, 0.2) is 22.2 Å². The van der Waals surface area contributed by atoms with Crippen molar-refractivity contribution < 1.29 is 8.42 Å². The Balaban J connectivity index is 0.00000450. The summed E-state index contributed by atoms with van der Waals surface area (Å²) in [5.74, 6) is 1.04. The van der Waals surface area contributed by atoms with E-state index in [1.54, 1.807) is 13.1 Å². The number of aliphatic imine (C=N–C) groups is 1. The minimum absolute atomic E-state index is 0. The summed E-state index contributed by atoms with van der Waals surface area (Å²) in [6.45, 7) is 9.36. The third kappa shape index (κ3) is 6.92. The highest BCUT2D eigenvalue weighted by molar-refractivity contribution is 14.0. The largest absolute Gasteiger partial charge is 0.355 e. The normalized spacial score (nSPS) is 12.2. The molecule has 0 aliphatic rings. The molecule has 2 aromatic rings. The number of nitrogens with zero attached hydrogens (tertiary/aromatic N) is 4. The molecule has 0 spiro atoms. The van der Waals surface area contributed by atoms with Crippen LogP contribution in [0.25, 0.3) is 0 Å². The Hall–Kier alpha value is -1.18. The molecule has 0 aliphatic heterocycles. The summed E-state index contributed by atoms with van der Waals surface area (Å²) in [5, 5.41) is 7.76. The highest BCUT2D eigenvalue weighted by Crippen LogP contribution is 2.24. The Morgan fingerprint density at radius 3 is 2.53 bits per heavy atom. The van der Waals surface area contributed by atoms with Gasteiger partial charge in [0.1, 0.15) is 0 Å². The van der Waals surface area contributed by atoms with Crippen LogP contribution in [-0.4, -0.2) is 56.2 Å². The molecule has 0 unspecified atom stereocenters. The molecule has 30 heavy (non-hydrogen) atoms. The number of sulfonamides is 1. The lowest BCUT2D eigenvalue weighted by Crippen LogP contribution is -2.42. The molecule has 0 amide bonds. The minimum atomic E-state index is -3.50. The summed E-state index contributed by atoms with van der Waals surface area (Å²) in [6, 6.07) is 1.71. The van der Waals surface area contributed by atoms with Gasteiger partial charge in [0.15, 0.2) is 5.96 Å². The average molecular weight is 569 g/mol. The van der Waals surface area contributed by atoms with Crippen molar-refractivity contribution in [3.63, 3.8) is 0 Å². The fraction of sp³-hybridized carbons (Fsp3) is 0.579. The first kappa shape index (κ1) is 26.9. The molecule has 8 nitrogen and oxygen atoms in total. The van der Waals surface area contributed by atoms with Crippen molar-refractivity contribution in [2.45, 2.75) is 45.1 Å². The quantitative estimate of drug-likeness (QED) is 0.221. The van der Waals surface area contributed by atoms with Gasteiger partial charge >= 0.3 is 0 Å². The zero-order chi connectivity index (χ0) is 21.8. The monoisotopic (exact) mass is 568 g/mol. The summed E-state index contributed by atoms with van der Waals surface area (Å²) < 4.78 is 29.4. The number of hydrogen-bond donors (Lipinski definition) is 2. The van der Waals surface area contributed by atoms with E-state index in [0.717, 1.165) is 21.0 Å². The maximum Gasteiger partial charge on any atom is 0.241 e. The lowest BCUT2D eigenvalue weighted by Gasteiger charge is -2.22. The first-order valence-electron chi connectivity index (χ1n) is 9.56. The van der Waals surface area contributed by atoms with Crippen LogP contribution in [0.2, 0.25) is 0 Å². The highest BCUT2D eigenvalue weighted by atomic mass is 127. The number of aromatic nitrogens is 2. The van der Waals surface area contributed by atoms with Crippen LogP contribution in [0.4, 0.5) is 0 Å². The molecule has 0 atom stereocenters. The van der Waals surface area contributed by atoms with Gasteiger partial charge in [-0.15, -0.1) is 35.3 Å². The lowest BCUT2D eigenvalue weighted by atomic mass is 10.1. The zero-order valence-electron chi connectivity index (χ0n) is 18.7. The van der Waals surface area contributed by atoms with E-state index >= 15 is 0 Å². The molecular weight excluding hydrogens is 535 g/mol. The summed E-state index contributed by atoms with van der Waals surface area (Å²) in [7, 11) is 2.09. The van der Waals surface area contributed by atoms with Crippen LogP contribution in [0.3, 0.4) is 0 Å². The smallest absolute Gasteiger partial charge is 0.241 e. The number of nitrogens with one attached hydrogen (secondary N) is 2. The second kappa shape index (κ2) is 11.4. The van der Waals surface area contributed by atoms with Gasteiger partial charge in [0, 0.05) is 62.3 Å². The predicted molar refractivity (Wildman–Crippen MR) is 135 cm³/mol. The summed E-state index contributed by atoms with van der Waals surface area (Å²) in [5.41, 5.74) is 2.22. The van der Waals surface area contributed by atoms with E-state index in [9.17, 15) is 8.42 Å².